The van der Waals surface area contributed by atoms with E-state index in [4.69, 9.17) is 0 Å². The Morgan fingerprint density at radius 1 is 1.08 bits per heavy atom. The van der Waals surface area contributed by atoms with Crippen LogP contribution in [0.25, 0.3) is 0 Å². The Hall–Kier alpha value is -1.14. The van der Waals surface area contributed by atoms with Gasteiger partial charge in [0.25, 0.3) is 0 Å². The molecule has 1 saturated carbocycles. The van der Waals surface area contributed by atoms with Gasteiger partial charge in [0.1, 0.15) is 5.82 Å². The quantitative estimate of drug-likeness (QED) is 0.624. The van der Waals surface area contributed by atoms with Crippen LogP contribution >= 0.6 is 0 Å². The first-order valence-electron chi connectivity index (χ1n) is 9.78. The van der Waals surface area contributed by atoms with E-state index in [0.717, 1.165) is 56.9 Å². The average molecular weight is 371 g/mol. The van der Waals surface area contributed by atoms with E-state index in [1.54, 1.807) is 6.07 Å². The average Bonchev–Trinajstić information content (AvgIpc) is 2.62. The molecule has 0 aromatic carbocycles. The van der Waals surface area contributed by atoms with Crippen LogP contribution in [0.1, 0.15) is 69.0 Å². The van der Waals surface area contributed by atoms with Gasteiger partial charge in [-0.05, 0) is 56.1 Å². The highest BCUT2D eigenvalue weighted by Crippen LogP contribution is 2.41. The molecule has 3 rings (SSSR count). The van der Waals surface area contributed by atoms with Gasteiger partial charge >= 0.3 is 6.29 Å². The van der Waals surface area contributed by atoms with Gasteiger partial charge in [0.05, 0.1) is 18.9 Å². The third kappa shape index (κ3) is 4.97. The summed E-state index contributed by atoms with van der Waals surface area (Å²) in [5.41, 5.74) is 1.52. The summed E-state index contributed by atoms with van der Waals surface area (Å²) in [6.45, 7) is 2.21. The van der Waals surface area contributed by atoms with E-state index < -0.39 is 6.29 Å². The number of hydrogen-bond acceptors (Lipinski definition) is 3. The molecule has 1 aliphatic heterocycles. The molecule has 0 atom stereocenters. The maximum absolute atomic E-state index is 14.5. The molecular formula is C20H28F3NO2. The maximum atomic E-state index is 14.5. The van der Waals surface area contributed by atoms with Crippen LogP contribution in [0.4, 0.5) is 13.2 Å². The number of nitrogens with zero attached hydrogens (tertiary/aromatic N) is 1. The third-order valence-electron chi connectivity index (χ3n) is 5.75. The summed E-state index contributed by atoms with van der Waals surface area (Å²) in [4.78, 5) is 4.41. The standard InChI is InChI=1S/C20H28F3NO2/c1-2-3-4-5-14-10-18(21)19(24-11-14)16-8-6-15(7-9-16)17-12-25-20(22,23)26-13-17/h10-11,15-17H,2-9,12-13H2,1H3. The second kappa shape index (κ2) is 8.70. The smallest absolute Gasteiger partial charge is 0.295 e. The Balaban J connectivity index is 1.51. The molecule has 2 aliphatic rings. The number of aromatic nitrogens is 1. The fourth-order valence-electron chi connectivity index (χ4n) is 4.14. The van der Waals surface area contributed by atoms with Crippen molar-refractivity contribution in [3.63, 3.8) is 0 Å². The summed E-state index contributed by atoms with van der Waals surface area (Å²) in [5, 5.41) is 0. The number of alkyl halides is 2. The highest BCUT2D eigenvalue weighted by atomic mass is 19.3. The van der Waals surface area contributed by atoms with Gasteiger partial charge in [0, 0.05) is 18.0 Å². The molecule has 3 nitrogen and oxygen atoms in total. The van der Waals surface area contributed by atoms with E-state index in [1.807, 2.05) is 6.20 Å². The fourth-order valence-corrected chi connectivity index (χ4v) is 4.14. The molecule has 0 radical (unpaired) electrons. The van der Waals surface area contributed by atoms with Crippen molar-refractivity contribution in [3.05, 3.63) is 29.3 Å². The van der Waals surface area contributed by atoms with Gasteiger partial charge < -0.3 is 0 Å². The number of unbranched alkanes of at least 4 members (excludes halogenated alkanes) is 2. The van der Waals surface area contributed by atoms with Gasteiger partial charge in [-0.3, -0.25) is 14.5 Å². The monoisotopic (exact) mass is 371 g/mol. The topological polar surface area (TPSA) is 31.4 Å². The maximum Gasteiger partial charge on any atom is 0.485 e. The lowest BCUT2D eigenvalue weighted by Gasteiger charge is -2.37. The van der Waals surface area contributed by atoms with Crippen molar-refractivity contribution in [2.75, 3.05) is 13.2 Å². The van der Waals surface area contributed by atoms with Crippen molar-refractivity contribution >= 4 is 0 Å². The van der Waals surface area contributed by atoms with Crippen molar-refractivity contribution < 1.29 is 22.6 Å². The number of hydrogen-bond donors (Lipinski definition) is 0. The first-order valence-corrected chi connectivity index (χ1v) is 9.78. The SMILES string of the molecule is CCCCCc1cnc(C2CCC(C3COC(F)(F)OC3)CC2)c(F)c1. The number of ether oxygens (including phenoxy) is 2. The van der Waals surface area contributed by atoms with E-state index >= 15 is 0 Å². The van der Waals surface area contributed by atoms with Gasteiger partial charge in [0.2, 0.25) is 0 Å². The molecule has 1 saturated heterocycles. The number of halogens is 3. The third-order valence-corrected chi connectivity index (χ3v) is 5.75. The molecule has 0 amide bonds. The van der Waals surface area contributed by atoms with Crippen LogP contribution in [-0.4, -0.2) is 24.5 Å². The normalized spacial score (nSPS) is 26.8. The summed E-state index contributed by atoms with van der Waals surface area (Å²) in [6, 6.07) is 1.63. The number of rotatable bonds is 6. The van der Waals surface area contributed by atoms with Crippen LogP contribution < -0.4 is 0 Å². The fraction of sp³-hybridized carbons (Fsp3) is 0.750. The van der Waals surface area contributed by atoms with Crippen LogP contribution in [0.5, 0.6) is 0 Å². The molecule has 0 spiro atoms. The van der Waals surface area contributed by atoms with Crippen LogP contribution in [0, 0.1) is 17.7 Å². The van der Waals surface area contributed by atoms with Crippen molar-refractivity contribution in [2.24, 2.45) is 11.8 Å². The first-order chi connectivity index (χ1) is 12.5. The zero-order valence-electron chi connectivity index (χ0n) is 15.4. The zero-order chi connectivity index (χ0) is 18.6. The predicted octanol–water partition coefficient (Wildman–Crippen LogP) is 5.44. The summed E-state index contributed by atoms with van der Waals surface area (Å²) >= 11 is 0. The molecule has 1 aliphatic carbocycles. The summed E-state index contributed by atoms with van der Waals surface area (Å²) < 4.78 is 49.3. The van der Waals surface area contributed by atoms with Crippen LogP contribution in [0.2, 0.25) is 0 Å². The lowest BCUT2D eigenvalue weighted by atomic mass is 9.75. The molecular weight excluding hydrogens is 343 g/mol. The summed E-state index contributed by atoms with van der Waals surface area (Å²) in [5.74, 6) is 0.197. The Morgan fingerprint density at radius 2 is 1.77 bits per heavy atom. The van der Waals surface area contributed by atoms with Crippen molar-refractivity contribution in [3.8, 4) is 0 Å². The minimum Gasteiger partial charge on any atom is -0.295 e. The summed E-state index contributed by atoms with van der Waals surface area (Å²) in [6.07, 6.45) is 5.99. The van der Waals surface area contributed by atoms with E-state index in [0.29, 0.717) is 11.6 Å². The molecule has 1 aromatic heterocycles. The second-order valence-electron chi connectivity index (χ2n) is 7.62. The van der Waals surface area contributed by atoms with Crippen LogP contribution in [0.15, 0.2) is 12.3 Å². The molecule has 0 bridgehead atoms. The molecule has 0 unspecified atom stereocenters. The van der Waals surface area contributed by atoms with E-state index in [1.165, 1.54) is 0 Å². The molecule has 2 heterocycles. The number of pyridine rings is 1. The molecule has 26 heavy (non-hydrogen) atoms. The van der Waals surface area contributed by atoms with Crippen molar-refractivity contribution in [1.82, 2.24) is 4.98 Å². The zero-order valence-corrected chi connectivity index (χ0v) is 15.4. The highest BCUT2D eigenvalue weighted by Gasteiger charge is 2.41. The van der Waals surface area contributed by atoms with E-state index in [-0.39, 0.29) is 30.9 Å². The molecule has 0 N–H and O–H groups in total. The predicted molar refractivity (Wildman–Crippen MR) is 92.5 cm³/mol. The van der Waals surface area contributed by atoms with Gasteiger partial charge in [-0.25, -0.2) is 4.39 Å². The Kier molecular flexibility index (Phi) is 6.56. The number of aryl methyl sites for hydroxylation is 1. The van der Waals surface area contributed by atoms with Gasteiger partial charge in [-0.2, -0.15) is 0 Å². The second-order valence-corrected chi connectivity index (χ2v) is 7.62. The van der Waals surface area contributed by atoms with E-state index in [9.17, 15) is 13.2 Å². The van der Waals surface area contributed by atoms with E-state index in [2.05, 4.69) is 21.4 Å². The largest absolute Gasteiger partial charge is 0.485 e. The minimum atomic E-state index is -3.44. The van der Waals surface area contributed by atoms with Crippen LogP contribution in [-0.2, 0) is 15.9 Å². The molecule has 1 aromatic rings. The molecule has 2 fully saturated rings. The Labute approximate surface area is 153 Å². The minimum absolute atomic E-state index is 0.00526. The van der Waals surface area contributed by atoms with Crippen molar-refractivity contribution in [2.45, 2.75) is 70.5 Å². The van der Waals surface area contributed by atoms with Crippen molar-refractivity contribution in [1.29, 1.82) is 0 Å². The molecule has 146 valence electrons. The lowest BCUT2D eigenvalue weighted by Crippen LogP contribution is -2.40. The Morgan fingerprint density at radius 3 is 2.38 bits per heavy atom. The highest BCUT2D eigenvalue weighted by molar-refractivity contribution is 5.20. The lowest BCUT2D eigenvalue weighted by molar-refractivity contribution is -0.423. The molecule has 6 heteroatoms. The Bertz CT molecular complexity index is 578. The van der Waals surface area contributed by atoms with Crippen LogP contribution in [0.3, 0.4) is 0 Å². The van der Waals surface area contributed by atoms with Gasteiger partial charge in [-0.15, -0.1) is 8.78 Å². The van der Waals surface area contributed by atoms with Gasteiger partial charge in [-0.1, -0.05) is 19.8 Å². The van der Waals surface area contributed by atoms with Gasteiger partial charge in [0.15, 0.2) is 0 Å². The first kappa shape index (κ1) is 19.6. The summed E-state index contributed by atoms with van der Waals surface area (Å²) in [7, 11) is 0.